The zero-order valence-electron chi connectivity index (χ0n) is 9.74. The molecule has 0 N–H and O–H groups in total. The van der Waals surface area contributed by atoms with Gasteiger partial charge in [0.15, 0.2) is 0 Å². The molecule has 86 valence electrons. The second kappa shape index (κ2) is 5.59. The summed E-state index contributed by atoms with van der Waals surface area (Å²) in [5, 5.41) is 1.10. The van der Waals surface area contributed by atoms with Crippen LogP contribution in [0.3, 0.4) is 0 Å². The van der Waals surface area contributed by atoms with Crippen molar-refractivity contribution in [2.24, 2.45) is 0 Å². The first kappa shape index (κ1) is 11.1. The van der Waals surface area contributed by atoms with E-state index in [2.05, 4.69) is 6.92 Å². The van der Waals surface area contributed by atoms with Crippen molar-refractivity contribution < 1.29 is 9.15 Å². The molecule has 0 aliphatic heterocycles. The molecule has 1 aromatic carbocycles. The van der Waals surface area contributed by atoms with Gasteiger partial charge in [-0.25, -0.2) is 0 Å². The molecule has 16 heavy (non-hydrogen) atoms. The molecule has 1 heterocycles. The van der Waals surface area contributed by atoms with Gasteiger partial charge >= 0.3 is 0 Å². The van der Waals surface area contributed by atoms with Gasteiger partial charge < -0.3 is 9.15 Å². The molecule has 0 aliphatic rings. The molecule has 0 amide bonds. The second-order valence-electron chi connectivity index (χ2n) is 4.01. The van der Waals surface area contributed by atoms with Crippen LogP contribution in [0.4, 0.5) is 0 Å². The lowest BCUT2D eigenvalue weighted by atomic mass is 10.2. The fraction of sp³-hybridized carbons (Fsp3) is 0.429. The third kappa shape index (κ3) is 2.78. The molecule has 0 atom stereocenters. The molecule has 2 aromatic rings. The molecule has 0 radical (unpaired) electrons. The first-order valence-electron chi connectivity index (χ1n) is 6.01. The van der Waals surface area contributed by atoms with E-state index in [0.29, 0.717) is 5.95 Å². The van der Waals surface area contributed by atoms with E-state index in [0.717, 1.165) is 24.0 Å². The van der Waals surface area contributed by atoms with Crippen LogP contribution in [-0.2, 0) is 0 Å². The van der Waals surface area contributed by atoms with Crippen molar-refractivity contribution in [3.05, 3.63) is 30.3 Å². The molecular weight excluding hydrogens is 200 g/mol. The fourth-order valence-corrected chi connectivity index (χ4v) is 1.73. The second-order valence-corrected chi connectivity index (χ2v) is 4.01. The van der Waals surface area contributed by atoms with Crippen LogP contribution in [0.25, 0.3) is 11.0 Å². The van der Waals surface area contributed by atoms with E-state index in [-0.39, 0.29) is 0 Å². The Kier molecular flexibility index (Phi) is 3.86. The standard InChI is InChI=1S/C14H18O2/c1-2-3-4-7-10-15-14-11-12-8-5-6-9-13(12)16-14/h5-6,8-9,11H,2-4,7,10H2,1H3. The molecule has 0 saturated heterocycles. The van der Waals surface area contributed by atoms with Crippen molar-refractivity contribution in [2.45, 2.75) is 32.6 Å². The molecule has 0 unspecified atom stereocenters. The van der Waals surface area contributed by atoms with Gasteiger partial charge in [-0.15, -0.1) is 0 Å². The molecule has 0 bridgehead atoms. The van der Waals surface area contributed by atoms with E-state index in [4.69, 9.17) is 9.15 Å². The number of benzene rings is 1. The van der Waals surface area contributed by atoms with Gasteiger partial charge in [0.1, 0.15) is 5.58 Å². The maximum absolute atomic E-state index is 5.57. The number of furan rings is 1. The highest BCUT2D eigenvalue weighted by Gasteiger charge is 2.02. The van der Waals surface area contributed by atoms with E-state index in [9.17, 15) is 0 Å². The minimum absolute atomic E-state index is 0.637. The molecule has 0 fully saturated rings. The van der Waals surface area contributed by atoms with Crippen LogP contribution >= 0.6 is 0 Å². The minimum atomic E-state index is 0.637. The van der Waals surface area contributed by atoms with Gasteiger partial charge in [-0.1, -0.05) is 44.4 Å². The Labute approximate surface area is 96.2 Å². The highest BCUT2D eigenvalue weighted by Crippen LogP contribution is 2.24. The summed E-state index contributed by atoms with van der Waals surface area (Å²) in [7, 11) is 0. The quantitative estimate of drug-likeness (QED) is 0.671. The maximum Gasteiger partial charge on any atom is 0.285 e. The lowest BCUT2D eigenvalue weighted by molar-refractivity contribution is 0.242. The zero-order chi connectivity index (χ0) is 11.2. The molecule has 2 rings (SSSR count). The molecular formula is C14H18O2. The normalized spacial score (nSPS) is 10.8. The van der Waals surface area contributed by atoms with Gasteiger partial charge in [0, 0.05) is 11.5 Å². The van der Waals surface area contributed by atoms with E-state index in [1.165, 1.54) is 19.3 Å². The van der Waals surface area contributed by atoms with Crippen molar-refractivity contribution in [1.82, 2.24) is 0 Å². The van der Waals surface area contributed by atoms with E-state index in [1.54, 1.807) is 0 Å². The van der Waals surface area contributed by atoms with Gasteiger partial charge in [0.25, 0.3) is 5.95 Å². The van der Waals surface area contributed by atoms with Gasteiger partial charge in [-0.3, -0.25) is 0 Å². The Morgan fingerprint density at radius 1 is 1.12 bits per heavy atom. The Bertz CT molecular complexity index is 398. The fourth-order valence-electron chi connectivity index (χ4n) is 1.73. The van der Waals surface area contributed by atoms with Crippen molar-refractivity contribution in [3.8, 4) is 5.95 Å². The molecule has 0 aliphatic carbocycles. The maximum atomic E-state index is 5.57. The minimum Gasteiger partial charge on any atom is -0.465 e. The van der Waals surface area contributed by atoms with Crippen molar-refractivity contribution in [3.63, 3.8) is 0 Å². The zero-order valence-corrected chi connectivity index (χ0v) is 9.74. The summed E-state index contributed by atoms with van der Waals surface area (Å²) in [6.07, 6.45) is 4.87. The molecule has 1 aromatic heterocycles. The number of para-hydroxylation sites is 1. The monoisotopic (exact) mass is 218 g/mol. The average Bonchev–Trinajstić information content (AvgIpc) is 2.71. The van der Waals surface area contributed by atoms with Gasteiger partial charge in [0.05, 0.1) is 6.61 Å². The summed E-state index contributed by atoms with van der Waals surface area (Å²) in [6, 6.07) is 9.91. The number of unbranched alkanes of at least 4 members (excludes halogenated alkanes) is 3. The smallest absolute Gasteiger partial charge is 0.285 e. The van der Waals surface area contributed by atoms with Crippen LogP contribution in [0.15, 0.2) is 34.7 Å². The number of fused-ring (bicyclic) bond motifs is 1. The molecule has 2 nitrogen and oxygen atoms in total. The van der Waals surface area contributed by atoms with E-state index in [1.807, 2.05) is 30.3 Å². The third-order valence-electron chi connectivity index (χ3n) is 2.65. The number of ether oxygens (including phenoxy) is 1. The predicted molar refractivity (Wildman–Crippen MR) is 65.9 cm³/mol. The Hall–Kier alpha value is -1.44. The molecule has 2 heteroatoms. The Morgan fingerprint density at radius 3 is 2.81 bits per heavy atom. The first-order valence-corrected chi connectivity index (χ1v) is 6.01. The van der Waals surface area contributed by atoms with Crippen molar-refractivity contribution in [1.29, 1.82) is 0 Å². The van der Waals surface area contributed by atoms with Crippen LogP contribution in [0.2, 0.25) is 0 Å². The van der Waals surface area contributed by atoms with Crippen molar-refractivity contribution >= 4 is 11.0 Å². The highest BCUT2D eigenvalue weighted by molar-refractivity contribution is 5.78. The SMILES string of the molecule is CCCCCCOc1cc2ccccc2o1. The van der Waals surface area contributed by atoms with Crippen LogP contribution in [0.5, 0.6) is 5.95 Å². The summed E-state index contributed by atoms with van der Waals surface area (Å²) in [5.41, 5.74) is 0.894. The average molecular weight is 218 g/mol. The van der Waals surface area contributed by atoms with Gasteiger partial charge in [-0.2, -0.15) is 0 Å². The van der Waals surface area contributed by atoms with Crippen LogP contribution < -0.4 is 4.74 Å². The lowest BCUT2D eigenvalue weighted by Gasteiger charge is -2.01. The van der Waals surface area contributed by atoms with Crippen LogP contribution in [0, 0.1) is 0 Å². The molecule has 0 saturated carbocycles. The highest BCUT2D eigenvalue weighted by atomic mass is 16.6. The number of hydrogen-bond donors (Lipinski definition) is 0. The van der Waals surface area contributed by atoms with Crippen LogP contribution in [-0.4, -0.2) is 6.61 Å². The Balaban J connectivity index is 1.85. The molecule has 0 spiro atoms. The first-order chi connectivity index (χ1) is 7.90. The van der Waals surface area contributed by atoms with Crippen molar-refractivity contribution in [2.75, 3.05) is 6.61 Å². The summed E-state index contributed by atoms with van der Waals surface area (Å²) in [6.45, 7) is 2.96. The van der Waals surface area contributed by atoms with Gasteiger partial charge in [-0.05, 0) is 12.5 Å². The lowest BCUT2D eigenvalue weighted by Crippen LogP contribution is -1.95. The largest absolute Gasteiger partial charge is 0.465 e. The third-order valence-corrected chi connectivity index (χ3v) is 2.65. The number of rotatable bonds is 6. The summed E-state index contributed by atoms with van der Waals surface area (Å²) in [5.74, 6) is 0.637. The van der Waals surface area contributed by atoms with E-state index < -0.39 is 0 Å². The number of hydrogen-bond acceptors (Lipinski definition) is 2. The summed E-state index contributed by atoms with van der Waals surface area (Å²) >= 11 is 0. The topological polar surface area (TPSA) is 22.4 Å². The summed E-state index contributed by atoms with van der Waals surface area (Å²) in [4.78, 5) is 0. The Morgan fingerprint density at radius 2 is 2.00 bits per heavy atom. The van der Waals surface area contributed by atoms with Gasteiger partial charge in [0.2, 0.25) is 0 Å². The summed E-state index contributed by atoms with van der Waals surface area (Å²) < 4.78 is 11.1. The van der Waals surface area contributed by atoms with Crippen LogP contribution in [0.1, 0.15) is 32.6 Å². The predicted octanol–water partition coefficient (Wildman–Crippen LogP) is 4.39. The van der Waals surface area contributed by atoms with E-state index >= 15 is 0 Å².